The summed E-state index contributed by atoms with van der Waals surface area (Å²) in [7, 11) is 1.66. The van der Waals surface area contributed by atoms with Crippen LogP contribution in [0.15, 0.2) is 60.8 Å². The lowest BCUT2D eigenvalue weighted by atomic mass is 10.1. The van der Waals surface area contributed by atoms with E-state index in [2.05, 4.69) is 39.7 Å². The Morgan fingerprint density at radius 1 is 0.920 bits per heavy atom. The van der Waals surface area contributed by atoms with E-state index in [0.29, 0.717) is 12.5 Å². The van der Waals surface area contributed by atoms with Crippen molar-refractivity contribution < 1.29 is 4.74 Å². The van der Waals surface area contributed by atoms with Crippen LogP contribution in [-0.4, -0.2) is 17.1 Å². The Balaban J connectivity index is 1.58. The summed E-state index contributed by atoms with van der Waals surface area (Å²) in [4.78, 5) is 8.78. The van der Waals surface area contributed by atoms with Crippen LogP contribution in [0.25, 0.3) is 0 Å². The lowest BCUT2D eigenvalue weighted by molar-refractivity contribution is 0.414. The fraction of sp³-hybridized carbons (Fsp3) is 0.200. The van der Waals surface area contributed by atoms with E-state index in [1.807, 2.05) is 42.5 Å². The van der Waals surface area contributed by atoms with Crippen molar-refractivity contribution >= 4 is 11.8 Å². The third kappa shape index (κ3) is 4.70. The molecule has 128 valence electrons. The van der Waals surface area contributed by atoms with Gasteiger partial charge in [0.15, 0.2) is 0 Å². The molecule has 0 atom stereocenters. The number of hydrogen-bond donors (Lipinski definition) is 2. The summed E-state index contributed by atoms with van der Waals surface area (Å²) in [6.45, 7) is 3.51. The molecule has 2 aromatic carbocycles. The lowest BCUT2D eigenvalue weighted by Gasteiger charge is -2.10. The van der Waals surface area contributed by atoms with Gasteiger partial charge in [0.2, 0.25) is 5.95 Å². The second-order valence-electron chi connectivity index (χ2n) is 5.75. The Labute approximate surface area is 148 Å². The highest BCUT2D eigenvalue weighted by atomic mass is 16.5. The molecule has 0 aliphatic rings. The first kappa shape index (κ1) is 16.8. The first-order chi connectivity index (χ1) is 12.2. The van der Waals surface area contributed by atoms with Crippen molar-refractivity contribution in [2.24, 2.45) is 0 Å². The fourth-order valence-electron chi connectivity index (χ4n) is 2.46. The summed E-state index contributed by atoms with van der Waals surface area (Å²) in [5, 5.41) is 6.59. The van der Waals surface area contributed by atoms with Crippen molar-refractivity contribution in [3.05, 3.63) is 77.5 Å². The van der Waals surface area contributed by atoms with E-state index in [-0.39, 0.29) is 0 Å². The minimum Gasteiger partial charge on any atom is -0.497 e. The fourth-order valence-corrected chi connectivity index (χ4v) is 2.46. The molecule has 0 radical (unpaired) electrons. The molecule has 1 heterocycles. The maximum atomic E-state index is 5.17. The van der Waals surface area contributed by atoms with E-state index < -0.39 is 0 Å². The van der Waals surface area contributed by atoms with E-state index in [9.17, 15) is 0 Å². The standard InChI is InChI=1S/C20H22N4O/c1-15-5-3-4-6-17(15)14-22-19-11-12-21-20(24-19)23-13-16-7-9-18(25-2)10-8-16/h3-12H,13-14H2,1-2H3,(H2,21,22,23,24). The van der Waals surface area contributed by atoms with E-state index in [0.717, 1.165) is 23.7 Å². The minimum absolute atomic E-state index is 0.602. The quantitative estimate of drug-likeness (QED) is 0.683. The number of aromatic nitrogens is 2. The van der Waals surface area contributed by atoms with Crippen molar-refractivity contribution in [2.45, 2.75) is 20.0 Å². The first-order valence-electron chi connectivity index (χ1n) is 8.23. The Morgan fingerprint density at radius 2 is 1.72 bits per heavy atom. The molecule has 0 saturated heterocycles. The van der Waals surface area contributed by atoms with E-state index in [4.69, 9.17) is 4.74 Å². The summed E-state index contributed by atoms with van der Waals surface area (Å²) in [6, 6.07) is 18.1. The summed E-state index contributed by atoms with van der Waals surface area (Å²) < 4.78 is 5.17. The maximum absolute atomic E-state index is 5.17. The third-order valence-corrected chi connectivity index (χ3v) is 3.99. The Bertz CT molecular complexity index is 818. The average Bonchev–Trinajstić information content (AvgIpc) is 2.66. The molecule has 2 N–H and O–H groups in total. The summed E-state index contributed by atoms with van der Waals surface area (Å²) in [5.74, 6) is 2.25. The van der Waals surface area contributed by atoms with E-state index in [1.165, 1.54) is 11.1 Å². The molecule has 0 aliphatic carbocycles. The second-order valence-corrected chi connectivity index (χ2v) is 5.75. The SMILES string of the molecule is COc1ccc(CNc2nccc(NCc3ccccc3C)n2)cc1. The van der Waals surface area contributed by atoms with Crippen molar-refractivity contribution in [1.29, 1.82) is 0 Å². The highest BCUT2D eigenvalue weighted by Crippen LogP contribution is 2.14. The van der Waals surface area contributed by atoms with Crippen molar-refractivity contribution in [2.75, 3.05) is 17.7 Å². The van der Waals surface area contributed by atoms with Crippen LogP contribution in [0.3, 0.4) is 0 Å². The third-order valence-electron chi connectivity index (χ3n) is 3.99. The number of nitrogens with one attached hydrogen (secondary N) is 2. The van der Waals surface area contributed by atoms with Crippen molar-refractivity contribution in [3.63, 3.8) is 0 Å². The van der Waals surface area contributed by atoms with Crippen LogP contribution in [0.5, 0.6) is 5.75 Å². The van der Waals surface area contributed by atoms with Crippen LogP contribution in [0.2, 0.25) is 0 Å². The van der Waals surface area contributed by atoms with Gasteiger partial charge >= 0.3 is 0 Å². The molecule has 0 bridgehead atoms. The monoisotopic (exact) mass is 334 g/mol. The Kier molecular flexibility index (Phi) is 5.46. The number of benzene rings is 2. The molecule has 5 heteroatoms. The lowest BCUT2D eigenvalue weighted by Crippen LogP contribution is -2.07. The zero-order valence-electron chi connectivity index (χ0n) is 14.5. The molecule has 1 aromatic heterocycles. The minimum atomic E-state index is 0.602. The average molecular weight is 334 g/mol. The van der Waals surface area contributed by atoms with Crippen LogP contribution < -0.4 is 15.4 Å². The predicted molar refractivity (Wildman–Crippen MR) is 101 cm³/mol. The molecule has 3 aromatic rings. The molecule has 0 saturated carbocycles. The number of rotatable bonds is 7. The molecule has 0 spiro atoms. The number of nitrogens with zero attached hydrogens (tertiary/aromatic N) is 2. The van der Waals surface area contributed by atoms with Crippen molar-refractivity contribution in [3.8, 4) is 5.75 Å². The second kappa shape index (κ2) is 8.15. The van der Waals surface area contributed by atoms with Gasteiger partial charge in [0, 0.05) is 19.3 Å². The largest absolute Gasteiger partial charge is 0.497 e. The number of aryl methyl sites for hydroxylation is 1. The van der Waals surface area contributed by atoms with Crippen LogP contribution >= 0.6 is 0 Å². The van der Waals surface area contributed by atoms with Crippen molar-refractivity contribution in [1.82, 2.24) is 9.97 Å². The molecule has 5 nitrogen and oxygen atoms in total. The number of hydrogen-bond acceptors (Lipinski definition) is 5. The van der Waals surface area contributed by atoms with E-state index >= 15 is 0 Å². The first-order valence-corrected chi connectivity index (χ1v) is 8.23. The number of methoxy groups -OCH3 is 1. The van der Waals surface area contributed by atoms with Crippen LogP contribution in [-0.2, 0) is 13.1 Å². The predicted octanol–water partition coefficient (Wildman–Crippen LogP) is 4.02. The molecule has 0 unspecified atom stereocenters. The van der Waals surface area contributed by atoms with Crippen LogP contribution in [0.1, 0.15) is 16.7 Å². The molecule has 25 heavy (non-hydrogen) atoms. The highest BCUT2D eigenvalue weighted by Gasteiger charge is 2.02. The van der Waals surface area contributed by atoms with Crippen LogP contribution in [0, 0.1) is 6.92 Å². The highest BCUT2D eigenvalue weighted by molar-refractivity contribution is 5.41. The van der Waals surface area contributed by atoms with Crippen LogP contribution in [0.4, 0.5) is 11.8 Å². The normalized spacial score (nSPS) is 10.3. The van der Waals surface area contributed by atoms with Gasteiger partial charge in [0.1, 0.15) is 11.6 Å². The Hall–Kier alpha value is -3.08. The zero-order valence-corrected chi connectivity index (χ0v) is 14.5. The van der Waals surface area contributed by atoms with Gasteiger partial charge in [0.05, 0.1) is 7.11 Å². The topological polar surface area (TPSA) is 59.1 Å². The molecule has 0 fully saturated rings. The molecular formula is C20H22N4O. The molecule has 0 amide bonds. The van der Waals surface area contributed by atoms with E-state index in [1.54, 1.807) is 13.3 Å². The van der Waals surface area contributed by atoms with Gasteiger partial charge < -0.3 is 15.4 Å². The number of ether oxygens (including phenoxy) is 1. The zero-order chi connectivity index (χ0) is 17.5. The van der Waals surface area contributed by atoms with Gasteiger partial charge in [-0.05, 0) is 41.8 Å². The molecule has 0 aliphatic heterocycles. The van der Waals surface area contributed by atoms with Gasteiger partial charge in [-0.25, -0.2) is 4.98 Å². The summed E-state index contributed by atoms with van der Waals surface area (Å²) in [5.41, 5.74) is 3.67. The summed E-state index contributed by atoms with van der Waals surface area (Å²) in [6.07, 6.45) is 1.75. The number of anilines is 2. The summed E-state index contributed by atoms with van der Waals surface area (Å²) >= 11 is 0. The van der Waals surface area contributed by atoms with Gasteiger partial charge in [-0.2, -0.15) is 4.98 Å². The molecular weight excluding hydrogens is 312 g/mol. The Morgan fingerprint density at radius 3 is 2.48 bits per heavy atom. The molecule has 3 rings (SSSR count). The van der Waals surface area contributed by atoms with Gasteiger partial charge in [-0.3, -0.25) is 0 Å². The smallest absolute Gasteiger partial charge is 0.224 e. The maximum Gasteiger partial charge on any atom is 0.224 e. The van der Waals surface area contributed by atoms with Gasteiger partial charge in [-0.15, -0.1) is 0 Å². The van der Waals surface area contributed by atoms with Gasteiger partial charge in [0.25, 0.3) is 0 Å². The van der Waals surface area contributed by atoms with Gasteiger partial charge in [-0.1, -0.05) is 36.4 Å².